The minimum absolute atomic E-state index is 0.0331. The van der Waals surface area contributed by atoms with Gasteiger partial charge in [-0.1, -0.05) is 30.5 Å². The second-order valence-corrected chi connectivity index (χ2v) is 9.97. The van der Waals surface area contributed by atoms with Crippen molar-refractivity contribution in [1.29, 1.82) is 0 Å². The monoisotopic (exact) mass is 431 g/mol. The van der Waals surface area contributed by atoms with E-state index in [2.05, 4.69) is 4.98 Å². The fraction of sp³-hybridized carbons (Fsp3) is 0.455. The number of benzene rings is 1. The second-order valence-electron chi connectivity index (χ2n) is 7.46. The van der Waals surface area contributed by atoms with E-state index in [1.807, 2.05) is 25.1 Å². The number of carboxylic acid groups (broad SMARTS) is 1. The Hall–Kier alpha value is -1.99. The molecule has 3 rings (SSSR count). The molecule has 5 nitrogen and oxygen atoms in total. The van der Waals surface area contributed by atoms with Gasteiger partial charge >= 0.3 is 5.97 Å². The zero-order valence-corrected chi connectivity index (χ0v) is 18.1. The van der Waals surface area contributed by atoms with Crippen molar-refractivity contribution in [2.45, 2.75) is 56.1 Å². The number of aryl methyl sites for hydroxylation is 1. The first kappa shape index (κ1) is 21.7. The van der Waals surface area contributed by atoms with Crippen LogP contribution in [-0.4, -0.2) is 33.4 Å². The fourth-order valence-electron chi connectivity index (χ4n) is 3.61. The zero-order valence-electron chi connectivity index (χ0n) is 16.5. The van der Waals surface area contributed by atoms with Gasteiger partial charge in [0, 0.05) is 23.7 Å². The number of thiazole rings is 1. The number of carbonyl (C=O) groups excluding carboxylic acids is 2. The topological polar surface area (TPSA) is 84.3 Å². The smallest absolute Gasteiger partial charge is 0.304 e. The minimum Gasteiger partial charge on any atom is -0.481 e. The van der Waals surface area contributed by atoms with Gasteiger partial charge in [-0.05, 0) is 31.4 Å². The predicted molar refractivity (Wildman–Crippen MR) is 115 cm³/mol. The van der Waals surface area contributed by atoms with Crippen molar-refractivity contribution in [3.63, 3.8) is 0 Å². The fourth-order valence-corrected chi connectivity index (χ4v) is 5.66. The van der Waals surface area contributed by atoms with E-state index >= 15 is 0 Å². The molecule has 2 aromatic rings. The van der Waals surface area contributed by atoms with Crippen LogP contribution in [-0.2, 0) is 22.4 Å². The molecule has 1 aromatic carbocycles. The van der Waals surface area contributed by atoms with Crippen LogP contribution in [0.5, 0.6) is 0 Å². The first-order valence-corrected chi connectivity index (χ1v) is 11.7. The molecule has 0 saturated heterocycles. The van der Waals surface area contributed by atoms with Crippen molar-refractivity contribution < 1.29 is 19.5 Å². The summed E-state index contributed by atoms with van der Waals surface area (Å²) in [6.45, 7) is 1.97. The molecule has 154 valence electrons. The van der Waals surface area contributed by atoms with Crippen LogP contribution in [0.2, 0.25) is 0 Å². The minimum atomic E-state index is -0.821. The van der Waals surface area contributed by atoms with Crippen molar-refractivity contribution in [2.75, 3.05) is 5.75 Å². The first-order chi connectivity index (χ1) is 13.9. The number of rotatable bonds is 10. The molecule has 0 amide bonds. The Bertz CT molecular complexity index is 900. The van der Waals surface area contributed by atoms with Crippen LogP contribution < -0.4 is 0 Å². The van der Waals surface area contributed by atoms with Gasteiger partial charge in [0.15, 0.2) is 5.78 Å². The van der Waals surface area contributed by atoms with Crippen molar-refractivity contribution in [2.24, 2.45) is 5.92 Å². The highest BCUT2D eigenvalue weighted by Crippen LogP contribution is 2.30. The average molecular weight is 432 g/mol. The zero-order chi connectivity index (χ0) is 20.8. The summed E-state index contributed by atoms with van der Waals surface area (Å²) in [4.78, 5) is 40.5. The maximum Gasteiger partial charge on any atom is 0.304 e. The highest BCUT2D eigenvalue weighted by atomic mass is 32.2. The van der Waals surface area contributed by atoms with E-state index in [0.717, 1.165) is 46.0 Å². The van der Waals surface area contributed by atoms with Crippen LogP contribution in [0.25, 0.3) is 0 Å². The third-order valence-corrected chi connectivity index (χ3v) is 7.28. The molecule has 0 spiro atoms. The Morgan fingerprint density at radius 1 is 1.21 bits per heavy atom. The van der Waals surface area contributed by atoms with E-state index in [4.69, 9.17) is 5.11 Å². The summed E-state index contributed by atoms with van der Waals surface area (Å²) in [5, 5.41) is 9.43. The molecule has 0 bridgehead atoms. The Balaban J connectivity index is 1.63. The summed E-state index contributed by atoms with van der Waals surface area (Å²) in [6.07, 6.45) is 6.36. The van der Waals surface area contributed by atoms with Gasteiger partial charge in [-0.15, -0.1) is 23.1 Å². The summed E-state index contributed by atoms with van der Waals surface area (Å²) in [7, 11) is 0. The summed E-state index contributed by atoms with van der Waals surface area (Å²) < 4.78 is 0.918. The predicted octanol–water partition coefficient (Wildman–Crippen LogP) is 4.75. The van der Waals surface area contributed by atoms with Gasteiger partial charge in [-0.3, -0.25) is 14.4 Å². The molecule has 1 aromatic heterocycles. The lowest BCUT2D eigenvalue weighted by Crippen LogP contribution is -2.16. The Kier molecular flexibility index (Phi) is 7.61. The number of thioether (sulfide) groups is 1. The number of aromatic nitrogens is 1. The lowest BCUT2D eigenvalue weighted by Gasteiger charge is -2.13. The van der Waals surface area contributed by atoms with E-state index in [9.17, 15) is 14.4 Å². The maximum absolute atomic E-state index is 12.9. The van der Waals surface area contributed by atoms with Gasteiger partial charge in [-0.25, -0.2) is 4.98 Å². The van der Waals surface area contributed by atoms with Gasteiger partial charge < -0.3 is 5.11 Å². The van der Waals surface area contributed by atoms with Crippen LogP contribution in [0.3, 0.4) is 0 Å². The van der Waals surface area contributed by atoms with E-state index in [1.54, 1.807) is 6.20 Å². The van der Waals surface area contributed by atoms with Crippen molar-refractivity contribution >= 4 is 40.6 Å². The molecule has 0 atom stereocenters. The van der Waals surface area contributed by atoms with Crippen molar-refractivity contribution in [1.82, 2.24) is 4.98 Å². The summed E-state index contributed by atoms with van der Waals surface area (Å²) in [6, 6.07) is 5.78. The Labute approximate surface area is 178 Å². The summed E-state index contributed by atoms with van der Waals surface area (Å²) in [5.41, 5.74) is 2.55. The molecule has 1 heterocycles. The maximum atomic E-state index is 12.9. The number of aliphatic carboxylic acids is 1. The molecule has 1 saturated carbocycles. The van der Waals surface area contributed by atoms with Gasteiger partial charge in [0.2, 0.25) is 0 Å². The van der Waals surface area contributed by atoms with E-state index < -0.39 is 5.97 Å². The van der Waals surface area contributed by atoms with Gasteiger partial charge in [-0.2, -0.15) is 0 Å². The SMILES string of the molecule is Cc1ccc(CC(=O)Cc2ncc(SCCC(=O)O)s2)c(C(=O)C2CCCC2)c1. The largest absolute Gasteiger partial charge is 0.481 e. The summed E-state index contributed by atoms with van der Waals surface area (Å²) >= 11 is 2.87. The normalized spacial score (nSPS) is 14.2. The Morgan fingerprint density at radius 2 is 1.97 bits per heavy atom. The number of ketones is 2. The molecule has 1 aliphatic rings. The highest BCUT2D eigenvalue weighted by molar-refractivity contribution is 8.01. The number of Topliss-reactive ketones (excluding diaryl/α,β-unsaturated/α-hetero) is 2. The van der Waals surface area contributed by atoms with Crippen LogP contribution in [0.4, 0.5) is 0 Å². The van der Waals surface area contributed by atoms with Crippen LogP contribution in [0.1, 0.15) is 58.6 Å². The van der Waals surface area contributed by atoms with E-state index in [0.29, 0.717) is 11.3 Å². The van der Waals surface area contributed by atoms with Crippen LogP contribution in [0.15, 0.2) is 28.6 Å². The standard InChI is InChI=1S/C22H25NO4S2/c1-14-6-7-16(18(10-14)22(27)15-4-2-3-5-15)11-17(24)12-19-23-13-21(29-19)28-9-8-20(25)26/h6-7,10,13,15H,2-5,8-9,11-12H2,1H3,(H,25,26). The molecule has 7 heteroatoms. The molecule has 29 heavy (non-hydrogen) atoms. The first-order valence-electron chi connectivity index (χ1n) is 9.87. The molecule has 0 unspecified atom stereocenters. The number of hydrogen-bond acceptors (Lipinski definition) is 6. The van der Waals surface area contributed by atoms with Crippen molar-refractivity contribution in [3.8, 4) is 0 Å². The lowest BCUT2D eigenvalue weighted by molar-refractivity contribution is -0.136. The van der Waals surface area contributed by atoms with Crippen LogP contribution >= 0.6 is 23.1 Å². The van der Waals surface area contributed by atoms with Gasteiger partial charge in [0.1, 0.15) is 10.8 Å². The number of nitrogens with zero attached hydrogens (tertiary/aromatic N) is 1. The third-order valence-electron chi connectivity index (χ3n) is 5.09. The number of carbonyl (C=O) groups is 3. The highest BCUT2D eigenvalue weighted by Gasteiger charge is 2.26. The average Bonchev–Trinajstić information content (AvgIpc) is 3.34. The molecule has 1 fully saturated rings. The molecule has 0 radical (unpaired) electrons. The van der Waals surface area contributed by atoms with E-state index in [-0.39, 0.29) is 36.7 Å². The molecular weight excluding hydrogens is 406 g/mol. The van der Waals surface area contributed by atoms with Gasteiger partial charge in [0.25, 0.3) is 0 Å². The Morgan fingerprint density at radius 3 is 2.69 bits per heavy atom. The molecular formula is C22H25NO4S2. The lowest BCUT2D eigenvalue weighted by atomic mass is 9.90. The second kappa shape index (κ2) is 10.2. The molecule has 1 aliphatic carbocycles. The van der Waals surface area contributed by atoms with Crippen molar-refractivity contribution in [3.05, 3.63) is 46.1 Å². The molecule has 1 N–H and O–H groups in total. The summed E-state index contributed by atoms with van der Waals surface area (Å²) in [5.74, 6) is -0.0272. The number of carboxylic acids is 1. The molecule has 0 aliphatic heterocycles. The third kappa shape index (κ3) is 6.24. The quantitative estimate of drug-likeness (QED) is 0.432. The number of hydrogen-bond donors (Lipinski definition) is 1. The van der Waals surface area contributed by atoms with E-state index in [1.165, 1.54) is 23.1 Å². The van der Waals surface area contributed by atoms with Crippen LogP contribution in [0, 0.1) is 12.8 Å². The van der Waals surface area contributed by atoms with Gasteiger partial charge in [0.05, 0.1) is 23.2 Å².